The van der Waals surface area contributed by atoms with E-state index >= 15 is 0 Å². The first-order chi connectivity index (χ1) is 9.13. The van der Waals surface area contributed by atoms with Crippen molar-refractivity contribution in [2.24, 2.45) is 0 Å². The highest BCUT2D eigenvalue weighted by atomic mass is 35.5. The molecule has 4 heteroatoms. The van der Waals surface area contributed by atoms with Gasteiger partial charge in [-0.05, 0) is 35.4 Å². The number of phenolic OH excluding ortho intramolecular Hbond substituents is 1. The number of aromatic hydroxyl groups is 1. The van der Waals surface area contributed by atoms with Gasteiger partial charge in [0, 0.05) is 22.5 Å². The van der Waals surface area contributed by atoms with Gasteiger partial charge in [-0.2, -0.15) is 0 Å². The molecule has 0 amide bonds. The lowest BCUT2D eigenvalue weighted by Crippen LogP contribution is -1.97. The Balaban J connectivity index is 2.37. The Morgan fingerprint density at radius 3 is 2.68 bits per heavy atom. The molecule has 94 valence electrons. The molecule has 0 saturated heterocycles. The summed E-state index contributed by atoms with van der Waals surface area (Å²) >= 11 is 5.97. The zero-order chi connectivity index (χ0) is 13.4. The maximum Gasteiger partial charge on any atom is 0.336 e. The molecule has 0 spiro atoms. The minimum atomic E-state index is -0.465. The SMILES string of the molecule is O=c1cc(-c2cccc(Cl)c2)c2ccc(O)cc2o1. The van der Waals surface area contributed by atoms with Gasteiger partial charge in [-0.3, -0.25) is 0 Å². The van der Waals surface area contributed by atoms with Crippen LogP contribution >= 0.6 is 11.6 Å². The van der Waals surface area contributed by atoms with Crippen LogP contribution in [-0.4, -0.2) is 5.11 Å². The third-order valence-electron chi connectivity index (χ3n) is 2.86. The van der Waals surface area contributed by atoms with E-state index < -0.39 is 5.63 Å². The molecule has 0 atom stereocenters. The predicted molar refractivity (Wildman–Crippen MR) is 74.6 cm³/mol. The molecule has 0 fully saturated rings. The van der Waals surface area contributed by atoms with Crippen molar-refractivity contribution in [3.63, 3.8) is 0 Å². The van der Waals surface area contributed by atoms with Crippen LogP contribution in [0.4, 0.5) is 0 Å². The van der Waals surface area contributed by atoms with Crippen LogP contribution in [0.3, 0.4) is 0 Å². The molecule has 19 heavy (non-hydrogen) atoms. The van der Waals surface area contributed by atoms with Crippen LogP contribution in [0.15, 0.2) is 57.7 Å². The van der Waals surface area contributed by atoms with Crippen molar-refractivity contribution in [3.05, 3.63) is 64.0 Å². The molecule has 3 nitrogen and oxygen atoms in total. The van der Waals surface area contributed by atoms with E-state index in [1.807, 2.05) is 12.1 Å². The second-order valence-corrected chi connectivity index (χ2v) is 4.61. The van der Waals surface area contributed by atoms with Gasteiger partial charge in [-0.1, -0.05) is 23.7 Å². The molecule has 0 unspecified atom stereocenters. The zero-order valence-electron chi connectivity index (χ0n) is 9.76. The summed E-state index contributed by atoms with van der Waals surface area (Å²) in [6, 6.07) is 13.3. The Kier molecular flexibility index (Phi) is 2.76. The van der Waals surface area contributed by atoms with Crippen LogP contribution in [0, 0.1) is 0 Å². The molecule has 0 saturated carbocycles. The molecule has 1 N–H and O–H groups in total. The Morgan fingerprint density at radius 2 is 1.89 bits per heavy atom. The van der Waals surface area contributed by atoms with Crippen LogP contribution in [0.5, 0.6) is 5.75 Å². The Morgan fingerprint density at radius 1 is 1.05 bits per heavy atom. The summed E-state index contributed by atoms with van der Waals surface area (Å²) < 4.78 is 5.09. The summed E-state index contributed by atoms with van der Waals surface area (Å²) in [4.78, 5) is 11.6. The average molecular weight is 273 g/mol. The van der Waals surface area contributed by atoms with Gasteiger partial charge in [0.25, 0.3) is 0 Å². The largest absolute Gasteiger partial charge is 0.508 e. The number of halogens is 1. The van der Waals surface area contributed by atoms with E-state index in [-0.39, 0.29) is 5.75 Å². The third kappa shape index (κ3) is 2.20. The van der Waals surface area contributed by atoms with E-state index in [2.05, 4.69) is 0 Å². The number of hydrogen-bond acceptors (Lipinski definition) is 3. The lowest BCUT2D eigenvalue weighted by molar-refractivity contribution is 0.473. The van der Waals surface area contributed by atoms with Gasteiger partial charge in [-0.15, -0.1) is 0 Å². The summed E-state index contributed by atoms with van der Waals surface area (Å²) in [7, 11) is 0. The normalized spacial score (nSPS) is 10.8. The summed E-state index contributed by atoms with van der Waals surface area (Å²) in [5.74, 6) is 0.0545. The summed E-state index contributed by atoms with van der Waals surface area (Å²) in [6.07, 6.45) is 0. The fourth-order valence-electron chi connectivity index (χ4n) is 2.05. The fourth-order valence-corrected chi connectivity index (χ4v) is 2.24. The quantitative estimate of drug-likeness (QED) is 0.685. The van der Waals surface area contributed by atoms with Gasteiger partial charge in [0.05, 0.1) is 0 Å². The smallest absolute Gasteiger partial charge is 0.336 e. The van der Waals surface area contributed by atoms with Gasteiger partial charge in [0.15, 0.2) is 0 Å². The first kappa shape index (κ1) is 11.8. The van der Waals surface area contributed by atoms with Gasteiger partial charge < -0.3 is 9.52 Å². The molecule has 0 aliphatic rings. The predicted octanol–water partition coefficient (Wildman–Crippen LogP) is 3.82. The lowest BCUT2D eigenvalue weighted by atomic mass is 10.0. The number of fused-ring (bicyclic) bond motifs is 1. The second kappa shape index (κ2) is 4.44. The Labute approximate surface area is 113 Å². The van der Waals surface area contributed by atoms with Crippen molar-refractivity contribution in [2.45, 2.75) is 0 Å². The summed E-state index contributed by atoms with van der Waals surface area (Å²) in [5, 5.41) is 10.8. The Bertz CT molecular complexity index is 821. The Hall–Kier alpha value is -2.26. The van der Waals surface area contributed by atoms with Crippen molar-refractivity contribution < 1.29 is 9.52 Å². The minimum Gasteiger partial charge on any atom is -0.508 e. The molecular formula is C15H9ClO3. The number of rotatable bonds is 1. The van der Waals surface area contributed by atoms with Crippen molar-refractivity contribution in [1.29, 1.82) is 0 Å². The lowest BCUT2D eigenvalue weighted by Gasteiger charge is -2.06. The molecule has 0 radical (unpaired) electrons. The van der Waals surface area contributed by atoms with E-state index in [4.69, 9.17) is 16.0 Å². The summed E-state index contributed by atoms with van der Waals surface area (Å²) in [5.41, 5.74) is 1.44. The standard InChI is InChI=1S/C15H9ClO3/c16-10-3-1-2-9(6-10)13-8-15(18)19-14-7-11(17)4-5-12(13)14/h1-8,17H. The second-order valence-electron chi connectivity index (χ2n) is 4.17. The highest BCUT2D eigenvalue weighted by molar-refractivity contribution is 6.30. The van der Waals surface area contributed by atoms with Gasteiger partial charge in [0.2, 0.25) is 0 Å². The summed E-state index contributed by atoms with van der Waals surface area (Å²) in [6.45, 7) is 0. The molecule has 1 aromatic heterocycles. The average Bonchev–Trinajstić information content (AvgIpc) is 2.37. The molecule has 1 heterocycles. The van der Waals surface area contributed by atoms with Crippen molar-refractivity contribution in [2.75, 3.05) is 0 Å². The first-order valence-corrected chi connectivity index (χ1v) is 6.04. The van der Waals surface area contributed by atoms with E-state index in [9.17, 15) is 9.90 Å². The maximum absolute atomic E-state index is 11.6. The molecule has 3 aromatic rings. The minimum absolute atomic E-state index is 0.0545. The molecule has 0 aliphatic heterocycles. The van der Waals surface area contributed by atoms with Crippen LogP contribution in [0.2, 0.25) is 5.02 Å². The van der Waals surface area contributed by atoms with Crippen LogP contribution in [0.25, 0.3) is 22.1 Å². The number of phenols is 1. The highest BCUT2D eigenvalue weighted by Gasteiger charge is 2.08. The van der Waals surface area contributed by atoms with Crippen molar-refractivity contribution >= 4 is 22.6 Å². The monoisotopic (exact) mass is 272 g/mol. The maximum atomic E-state index is 11.6. The van der Waals surface area contributed by atoms with Crippen LogP contribution < -0.4 is 5.63 Å². The van der Waals surface area contributed by atoms with Gasteiger partial charge in [-0.25, -0.2) is 4.79 Å². The molecule has 0 aliphatic carbocycles. The highest BCUT2D eigenvalue weighted by Crippen LogP contribution is 2.30. The number of benzene rings is 2. The molecule has 2 aromatic carbocycles. The molecule has 3 rings (SSSR count). The van der Waals surface area contributed by atoms with Gasteiger partial charge >= 0.3 is 5.63 Å². The van der Waals surface area contributed by atoms with E-state index in [0.717, 1.165) is 16.5 Å². The fraction of sp³-hybridized carbons (Fsp3) is 0. The number of hydrogen-bond donors (Lipinski definition) is 1. The van der Waals surface area contributed by atoms with E-state index in [0.29, 0.717) is 10.6 Å². The van der Waals surface area contributed by atoms with E-state index in [1.165, 1.54) is 12.1 Å². The first-order valence-electron chi connectivity index (χ1n) is 5.66. The topological polar surface area (TPSA) is 50.4 Å². The third-order valence-corrected chi connectivity index (χ3v) is 3.10. The zero-order valence-corrected chi connectivity index (χ0v) is 10.5. The van der Waals surface area contributed by atoms with Crippen molar-refractivity contribution in [3.8, 4) is 16.9 Å². The molecular weight excluding hydrogens is 264 g/mol. The molecule has 0 bridgehead atoms. The van der Waals surface area contributed by atoms with Gasteiger partial charge in [0.1, 0.15) is 11.3 Å². The van der Waals surface area contributed by atoms with Crippen LogP contribution in [-0.2, 0) is 0 Å². The van der Waals surface area contributed by atoms with E-state index in [1.54, 1.807) is 24.3 Å². The van der Waals surface area contributed by atoms with Crippen molar-refractivity contribution in [1.82, 2.24) is 0 Å². The van der Waals surface area contributed by atoms with Crippen LogP contribution in [0.1, 0.15) is 0 Å².